The Kier molecular flexibility index (Phi) is 5.92. The molecular weight excluding hydrogens is 344 g/mol. The van der Waals surface area contributed by atoms with Crippen LogP contribution in [0.1, 0.15) is 45.6 Å². The Morgan fingerprint density at radius 1 is 1.11 bits per heavy atom. The maximum Gasteiger partial charge on any atom is 0.410 e. The van der Waals surface area contributed by atoms with Crippen molar-refractivity contribution in [2.24, 2.45) is 11.8 Å². The monoisotopic (exact) mass is 374 g/mol. The fourth-order valence-electron chi connectivity index (χ4n) is 3.59. The fraction of sp³-hybridized carbons (Fsp3) is 0.619. The van der Waals surface area contributed by atoms with Crippen molar-refractivity contribution in [3.05, 3.63) is 35.9 Å². The third-order valence-corrected chi connectivity index (χ3v) is 4.96. The average molecular weight is 374 g/mol. The molecule has 0 bridgehead atoms. The number of carbonyl (C=O) groups is 2. The highest BCUT2D eigenvalue weighted by Crippen LogP contribution is 2.41. The van der Waals surface area contributed by atoms with Gasteiger partial charge in [-0.15, -0.1) is 0 Å². The normalized spacial score (nSPS) is 22.9. The van der Waals surface area contributed by atoms with Gasteiger partial charge in [-0.05, 0) is 57.4 Å². The number of rotatable bonds is 4. The first-order valence-electron chi connectivity index (χ1n) is 9.75. The minimum Gasteiger partial charge on any atom is -0.445 e. The molecule has 2 amide bonds. The van der Waals surface area contributed by atoms with Crippen molar-refractivity contribution in [2.75, 3.05) is 13.1 Å². The Hall–Kier alpha value is -2.24. The first kappa shape index (κ1) is 19.5. The Labute approximate surface area is 161 Å². The highest BCUT2D eigenvalue weighted by molar-refractivity contribution is 5.69. The number of nitrogens with one attached hydrogen (secondary N) is 1. The SMILES string of the molecule is CC(C)(C)OC(=O)NC1CC(C2CC2)CN(C(=O)OCc2ccccc2)C1. The summed E-state index contributed by atoms with van der Waals surface area (Å²) in [6.07, 6.45) is 2.54. The molecule has 2 atom stereocenters. The van der Waals surface area contributed by atoms with Crippen LogP contribution < -0.4 is 5.32 Å². The number of ether oxygens (including phenoxy) is 2. The summed E-state index contributed by atoms with van der Waals surface area (Å²) in [5.41, 5.74) is 0.424. The Bertz CT molecular complexity index is 652. The molecule has 1 aliphatic carbocycles. The molecule has 1 saturated carbocycles. The van der Waals surface area contributed by atoms with Gasteiger partial charge in [0.05, 0.1) is 6.04 Å². The van der Waals surface area contributed by atoms with Gasteiger partial charge in [0.15, 0.2) is 0 Å². The van der Waals surface area contributed by atoms with Gasteiger partial charge >= 0.3 is 12.2 Å². The summed E-state index contributed by atoms with van der Waals surface area (Å²) in [6, 6.07) is 9.54. The summed E-state index contributed by atoms with van der Waals surface area (Å²) in [5, 5.41) is 2.94. The molecule has 3 rings (SSSR count). The predicted molar refractivity (Wildman–Crippen MR) is 102 cm³/mol. The second-order valence-corrected chi connectivity index (χ2v) is 8.62. The van der Waals surface area contributed by atoms with Crippen molar-refractivity contribution in [2.45, 2.75) is 58.3 Å². The van der Waals surface area contributed by atoms with Crippen LogP contribution in [0.3, 0.4) is 0 Å². The predicted octanol–water partition coefficient (Wildman–Crippen LogP) is 3.95. The van der Waals surface area contributed by atoms with Crippen molar-refractivity contribution >= 4 is 12.2 Å². The zero-order chi connectivity index (χ0) is 19.4. The van der Waals surface area contributed by atoms with Crippen LogP contribution in [0.25, 0.3) is 0 Å². The second-order valence-electron chi connectivity index (χ2n) is 8.62. The molecule has 2 unspecified atom stereocenters. The lowest BCUT2D eigenvalue weighted by Gasteiger charge is -2.37. The maximum absolute atomic E-state index is 12.6. The minimum atomic E-state index is -0.539. The first-order chi connectivity index (χ1) is 12.8. The summed E-state index contributed by atoms with van der Waals surface area (Å²) in [5.74, 6) is 1.06. The van der Waals surface area contributed by atoms with E-state index >= 15 is 0 Å². The highest BCUT2D eigenvalue weighted by atomic mass is 16.6. The largest absolute Gasteiger partial charge is 0.445 e. The smallest absolute Gasteiger partial charge is 0.410 e. The number of piperidine rings is 1. The number of benzene rings is 1. The van der Waals surface area contributed by atoms with Crippen LogP contribution in [0.15, 0.2) is 30.3 Å². The van der Waals surface area contributed by atoms with Gasteiger partial charge in [0.2, 0.25) is 0 Å². The molecule has 1 aromatic carbocycles. The van der Waals surface area contributed by atoms with Gasteiger partial charge in [-0.25, -0.2) is 9.59 Å². The average Bonchev–Trinajstić information content (AvgIpc) is 3.43. The van der Waals surface area contributed by atoms with E-state index in [9.17, 15) is 9.59 Å². The standard InChI is InChI=1S/C21H30N2O4/c1-21(2,3)27-19(24)22-18-11-17(16-9-10-16)12-23(13-18)20(25)26-14-15-7-5-4-6-8-15/h4-8,16-18H,9-14H2,1-3H3,(H,22,24). The van der Waals surface area contributed by atoms with E-state index in [1.54, 1.807) is 4.90 Å². The first-order valence-corrected chi connectivity index (χ1v) is 9.75. The molecule has 1 saturated heterocycles. The lowest BCUT2D eigenvalue weighted by molar-refractivity contribution is 0.0399. The minimum absolute atomic E-state index is 0.108. The van der Waals surface area contributed by atoms with Crippen LogP contribution in [0.4, 0.5) is 9.59 Å². The highest BCUT2D eigenvalue weighted by Gasteiger charge is 2.40. The van der Waals surface area contributed by atoms with E-state index in [-0.39, 0.29) is 18.7 Å². The van der Waals surface area contributed by atoms with Gasteiger partial charge in [0.25, 0.3) is 0 Å². The van der Waals surface area contributed by atoms with Crippen LogP contribution in [-0.4, -0.2) is 41.8 Å². The molecule has 1 heterocycles. The molecule has 148 valence electrons. The van der Waals surface area contributed by atoms with Crippen LogP contribution >= 0.6 is 0 Å². The number of amides is 2. The van der Waals surface area contributed by atoms with Crippen LogP contribution in [-0.2, 0) is 16.1 Å². The number of hydrogen-bond donors (Lipinski definition) is 1. The van der Waals surface area contributed by atoms with Crippen molar-refractivity contribution in [1.82, 2.24) is 10.2 Å². The zero-order valence-corrected chi connectivity index (χ0v) is 16.4. The van der Waals surface area contributed by atoms with Gasteiger partial charge in [-0.2, -0.15) is 0 Å². The van der Waals surface area contributed by atoms with E-state index in [4.69, 9.17) is 9.47 Å². The number of alkyl carbamates (subject to hydrolysis) is 1. The molecule has 0 spiro atoms. The van der Waals surface area contributed by atoms with Crippen molar-refractivity contribution in [1.29, 1.82) is 0 Å². The molecule has 2 aliphatic rings. The maximum atomic E-state index is 12.6. The van der Waals surface area contributed by atoms with Gasteiger partial charge in [-0.1, -0.05) is 30.3 Å². The molecular formula is C21H30N2O4. The van der Waals surface area contributed by atoms with E-state index in [0.29, 0.717) is 24.9 Å². The fourth-order valence-corrected chi connectivity index (χ4v) is 3.59. The Balaban J connectivity index is 1.56. The summed E-state index contributed by atoms with van der Waals surface area (Å²) < 4.78 is 10.9. The quantitative estimate of drug-likeness (QED) is 0.866. The van der Waals surface area contributed by atoms with Gasteiger partial charge in [0.1, 0.15) is 12.2 Å². The summed E-state index contributed by atoms with van der Waals surface area (Å²) >= 11 is 0. The Morgan fingerprint density at radius 2 is 1.81 bits per heavy atom. The van der Waals surface area contributed by atoms with Crippen molar-refractivity contribution in [3.63, 3.8) is 0 Å². The number of nitrogens with zero attached hydrogens (tertiary/aromatic N) is 1. The third-order valence-electron chi connectivity index (χ3n) is 4.96. The Morgan fingerprint density at radius 3 is 2.44 bits per heavy atom. The number of carbonyl (C=O) groups excluding carboxylic acids is 2. The molecule has 0 aromatic heterocycles. The molecule has 6 heteroatoms. The number of hydrogen-bond acceptors (Lipinski definition) is 4. The van der Waals surface area contributed by atoms with Crippen molar-refractivity contribution in [3.8, 4) is 0 Å². The lowest BCUT2D eigenvalue weighted by Crippen LogP contribution is -2.53. The second kappa shape index (κ2) is 8.19. The van der Waals surface area contributed by atoms with Gasteiger partial charge in [-0.3, -0.25) is 0 Å². The van der Waals surface area contributed by atoms with Crippen LogP contribution in [0.5, 0.6) is 0 Å². The summed E-state index contributed by atoms with van der Waals surface area (Å²) in [7, 11) is 0. The van der Waals surface area contributed by atoms with E-state index < -0.39 is 11.7 Å². The van der Waals surface area contributed by atoms with E-state index in [1.807, 2.05) is 51.1 Å². The van der Waals surface area contributed by atoms with Crippen LogP contribution in [0.2, 0.25) is 0 Å². The van der Waals surface area contributed by atoms with E-state index in [1.165, 1.54) is 12.8 Å². The summed E-state index contributed by atoms with van der Waals surface area (Å²) in [6.45, 7) is 6.93. The molecule has 1 N–H and O–H groups in total. The molecule has 1 aromatic rings. The van der Waals surface area contributed by atoms with Gasteiger partial charge in [0, 0.05) is 13.1 Å². The molecule has 1 aliphatic heterocycles. The topological polar surface area (TPSA) is 67.9 Å². The van der Waals surface area contributed by atoms with E-state index in [0.717, 1.165) is 12.0 Å². The lowest BCUT2D eigenvalue weighted by atomic mass is 9.90. The van der Waals surface area contributed by atoms with Gasteiger partial charge < -0.3 is 19.7 Å². The van der Waals surface area contributed by atoms with Crippen molar-refractivity contribution < 1.29 is 19.1 Å². The molecule has 2 fully saturated rings. The van der Waals surface area contributed by atoms with Crippen LogP contribution in [0, 0.1) is 11.8 Å². The number of likely N-dealkylation sites (tertiary alicyclic amines) is 1. The molecule has 6 nitrogen and oxygen atoms in total. The third kappa shape index (κ3) is 6.15. The summed E-state index contributed by atoms with van der Waals surface area (Å²) in [4.78, 5) is 26.5. The molecule has 27 heavy (non-hydrogen) atoms. The van der Waals surface area contributed by atoms with E-state index in [2.05, 4.69) is 5.32 Å². The molecule has 0 radical (unpaired) electrons. The zero-order valence-electron chi connectivity index (χ0n) is 16.4.